The van der Waals surface area contributed by atoms with Crippen molar-refractivity contribution in [2.45, 2.75) is 19.4 Å². The molecule has 2 amide bonds. The molecule has 3 aromatic carbocycles. The van der Waals surface area contributed by atoms with Crippen LogP contribution in [-0.2, 0) is 16.0 Å². The number of benzene rings is 3. The summed E-state index contributed by atoms with van der Waals surface area (Å²) in [6.07, 6.45) is -0.439. The van der Waals surface area contributed by atoms with E-state index < -0.39 is 0 Å². The lowest BCUT2D eigenvalue weighted by Crippen LogP contribution is -2.35. The maximum absolute atomic E-state index is 12.4. The molecule has 28 heavy (non-hydrogen) atoms. The second-order valence-corrected chi connectivity index (χ2v) is 7.07. The van der Waals surface area contributed by atoms with Crippen molar-refractivity contribution in [2.24, 2.45) is 0 Å². The molecule has 0 bridgehead atoms. The van der Waals surface area contributed by atoms with Gasteiger partial charge in [0.1, 0.15) is 6.10 Å². The van der Waals surface area contributed by atoms with Gasteiger partial charge in [0.05, 0.1) is 19.5 Å². The molecule has 0 aliphatic carbocycles. The first kappa shape index (κ1) is 18.0. The summed E-state index contributed by atoms with van der Waals surface area (Å²) in [5.74, 6) is -0.0822. The number of carbonyl (C=O) groups is 2. The zero-order valence-electron chi connectivity index (χ0n) is 15.7. The summed E-state index contributed by atoms with van der Waals surface area (Å²) < 4.78 is 5.40. The summed E-state index contributed by atoms with van der Waals surface area (Å²) in [6.45, 7) is 2.73. The molecule has 0 saturated carbocycles. The van der Waals surface area contributed by atoms with E-state index in [-0.39, 0.29) is 18.1 Å². The predicted molar refractivity (Wildman–Crippen MR) is 109 cm³/mol. The van der Waals surface area contributed by atoms with Crippen LogP contribution in [0, 0.1) is 6.92 Å². The van der Waals surface area contributed by atoms with E-state index >= 15 is 0 Å². The van der Waals surface area contributed by atoms with Crippen molar-refractivity contribution in [1.29, 1.82) is 0 Å². The second kappa shape index (κ2) is 7.72. The minimum Gasteiger partial charge on any atom is -0.442 e. The Morgan fingerprint density at radius 1 is 1.07 bits per heavy atom. The highest BCUT2D eigenvalue weighted by Crippen LogP contribution is 2.22. The van der Waals surface area contributed by atoms with Gasteiger partial charge in [-0.05, 0) is 35.4 Å². The fourth-order valence-corrected chi connectivity index (χ4v) is 3.47. The van der Waals surface area contributed by atoms with Gasteiger partial charge in [-0.15, -0.1) is 0 Å². The summed E-state index contributed by atoms with van der Waals surface area (Å²) in [4.78, 5) is 26.2. The summed E-state index contributed by atoms with van der Waals surface area (Å²) in [6, 6.07) is 21.7. The Hall–Kier alpha value is -3.34. The van der Waals surface area contributed by atoms with Gasteiger partial charge in [-0.3, -0.25) is 9.69 Å². The third-order valence-electron chi connectivity index (χ3n) is 4.98. The van der Waals surface area contributed by atoms with Gasteiger partial charge in [-0.1, -0.05) is 60.2 Å². The van der Waals surface area contributed by atoms with Gasteiger partial charge in [-0.2, -0.15) is 0 Å². The van der Waals surface area contributed by atoms with Gasteiger partial charge >= 0.3 is 6.09 Å². The maximum Gasteiger partial charge on any atom is 0.414 e. The van der Waals surface area contributed by atoms with E-state index in [1.165, 1.54) is 0 Å². The van der Waals surface area contributed by atoms with E-state index in [1.807, 2.05) is 73.7 Å². The molecule has 1 atom stereocenters. The number of anilines is 1. The summed E-state index contributed by atoms with van der Waals surface area (Å²) in [5.41, 5.74) is 2.93. The van der Waals surface area contributed by atoms with Gasteiger partial charge < -0.3 is 10.1 Å². The van der Waals surface area contributed by atoms with E-state index in [2.05, 4.69) is 5.32 Å². The molecule has 1 saturated heterocycles. The Bertz CT molecular complexity index is 1010. The quantitative estimate of drug-likeness (QED) is 0.738. The van der Waals surface area contributed by atoms with Crippen LogP contribution in [0.4, 0.5) is 10.5 Å². The number of cyclic esters (lactones) is 1. The lowest BCUT2D eigenvalue weighted by atomic mass is 10.0. The Balaban J connectivity index is 1.35. The average Bonchev–Trinajstić information content (AvgIpc) is 3.08. The van der Waals surface area contributed by atoms with Crippen LogP contribution in [0.15, 0.2) is 66.7 Å². The van der Waals surface area contributed by atoms with Gasteiger partial charge in [-0.25, -0.2) is 4.79 Å². The lowest BCUT2D eigenvalue weighted by Gasteiger charge is -2.13. The third kappa shape index (κ3) is 3.83. The highest BCUT2D eigenvalue weighted by atomic mass is 16.6. The van der Waals surface area contributed by atoms with Crippen LogP contribution in [0.5, 0.6) is 0 Å². The SMILES string of the molecule is Cc1ccc(N2CC(CNC(=O)Cc3cccc4ccccc34)OC2=O)cc1. The Kier molecular flexibility index (Phi) is 4.98. The Labute approximate surface area is 163 Å². The fraction of sp³-hybridized carbons (Fsp3) is 0.217. The van der Waals surface area contributed by atoms with Crippen LogP contribution in [-0.4, -0.2) is 31.2 Å². The number of carbonyl (C=O) groups excluding carboxylic acids is 2. The monoisotopic (exact) mass is 374 g/mol. The zero-order chi connectivity index (χ0) is 19.5. The van der Waals surface area contributed by atoms with E-state index in [9.17, 15) is 9.59 Å². The van der Waals surface area contributed by atoms with Crippen LogP contribution in [0.1, 0.15) is 11.1 Å². The second-order valence-electron chi connectivity index (χ2n) is 7.07. The zero-order valence-corrected chi connectivity index (χ0v) is 15.7. The number of nitrogens with zero attached hydrogens (tertiary/aromatic N) is 1. The Morgan fingerprint density at radius 2 is 1.82 bits per heavy atom. The third-order valence-corrected chi connectivity index (χ3v) is 4.98. The number of hydrogen-bond acceptors (Lipinski definition) is 3. The van der Waals surface area contributed by atoms with Gasteiger partial charge in [0.2, 0.25) is 5.91 Å². The van der Waals surface area contributed by atoms with Crippen LogP contribution in [0.25, 0.3) is 10.8 Å². The van der Waals surface area contributed by atoms with E-state index in [0.717, 1.165) is 27.6 Å². The molecule has 1 unspecified atom stereocenters. The molecule has 1 N–H and O–H groups in total. The molecule has 4 rings (SSSR count). The number of aryl methyl sites for hydroxylation is 1. The highest BCUT2D eigenvalue weighted by molar-refractivity contribution is 5.91. The first-order valence-corrected chi connectivity index (χ1v) is 9.38. The molecule has 3 aromatic rings. The van der Waals surface area contributed by atoms with Crippen molar-refractivity contribution in [1.82, 2.24) is 5.32 Å². The van der Waals surface area contributed by atoms with Crippen molar-refractivity contribution in [3.8, 4) is 0 Å². The normalized spacial score (nSPS) is 16.2. The van der Waals surface area contributed by atoms with E-state index in [1.54, 1.807) is 4.90 Å². The smallest absolute Gasteiger partial charge is 0.414 e. The van der Waals surface area contributed by atoms with Crippen LogP contribution >= 0.6 is 0 Å². The molecule has 1 heterocycles. The van der Waals surface area contributed by atoms with Crippen LogP contribution in [0.2, 0.25) is 0 Å². The molecular weight excluding hydrogens is 352 g/mol. The molecule has 142 valence electrons. The van der Waals surface area contributed by atoms with Gasteiger partial charge in [0, 0.05) is 5.69 Å². The first-order chi connectivity index (χ1) is 13.6. The lowest BCUT2D eigenvalue weighted by molar-refractivity contribution is -0.120. The molecule has 0 radical (unpaired) electrons. The Morgan fingerprint density at radius 3 is 2.64 bits per heavy atom. The van der Waals surface area contributed by atoms with E-state index in [0.29, 0.717) is 19.5 Å². The predicted octanol–water partition coefficient (Wildman–Crippen LogP) is 3.83. The van der Waals surface area contributed by atoms with Crippen molar-refractivity contribution >= 4 is 28.5 Å². The number of amides is 2. The minimum absolute atomic E-state index is 0.0822. The topological polar surface area (TPSA) is 58.6 Å². The molecular formula is C23H22N2O3. The van der Waals surface area contributed by atoms with Crippen molar-refractivity contribution in [3.63, 3.8) is 0 Å². The van der Waals surface area contributed by atoms with Gasteiger partial charge in [0.15, 0.2) is 0 Å². The average molecular weight is 374 g/mol. The standard InChI is InChI=1S/C23H22N2O3/c1-16-9-11-19(12-10-16)25-15-20(28-23(25)27)14-24-22(26)13-18-7-4-6-17-5-2-3-8-21(17)18/h2-12,20H,13-15H2,1H3,(H,24,26). The van der Waals surface area contributed by atoms with Gasteiger partial charge in [0.25, 0.3) is 0 Å². The number of ether oxygens (including phenoxy) is 1. The summed E-state index contributed by atoms with van der Waals surface area (Å²) >= 11 is 0. The molecule has 5 nitrogen and oxygen atoms in total. The summed E-state index contributed by atoms with van der Waals surface area (Å²) in [7, 11) is 0. The van der Waals surface area contributed by atoms with Crippen LogP contribution in [0.3, 0.4) is 0 Å². The molecule has 1 fully saturated rings. The molecule has 5 heteroatoms. The van der Waals surface area contributed by atoms with Crippen LogP contribution < -0.4 is 10.2 Å². The van der Waals surface area contributed by atoms with Crippen molar-refractivity contribution in [3.05, 3.63) is 77.9 Å². The fourth-order valence-electron chi connectivity index (χ4n) is 3.47. The molecule has 1 aliphatic heterocycles. The number of rotatable bonds is 5. The number of nitrogens with one attached hydrogen (secondary N) is 1. The highest BCUT2D eigenvalue weighted by Gasteiger charge is 2.32. The molecule has 0 aromatic heterocycles. The summed E-state index contributed by atoms with van der Waals surface area (Å²) in [5, 5.41) is 5.10. The first-order valence-electron chi connectivity index (χ1n) is 9.38. The van der Waals surface area contributed by atoms with E-state index in [4.69, 9.17) is 4.74 Å². The molecule has 1 aliphatic rings. The molecule has 0 spiro atoms. The minimum atomic E-state index is -0.378. The largest absolute Gasteiger partial charge is 0.442 e. The number of fused-ring (bicyclic) bond motifs is 1. The maximum atomic E-state index is 12.4. The van der Waals surface area contributed by atoms with Crippen molar-refractivity contribution < 1.29 is 14.3 Å². The number of hydrogen-bond donors (Lipinski definition) is 1. The van der Waals surface area contributed by atoms with Crippen molar-refractivity contribution in [2.75, 3.05) is 18.0 Å².